The third kappa shape index (κ3) is 5.21. The molecule has 1 aliphatic rings. The number of nitrogens with zero attached hydrogens (tertiary/aromatic N) is 2. The Morgan fingerprint density at radius 3 is 2.52 bits per heavy atom. The van der Waals surface area contributed by atoms with Crippen molar-refractivity contribution in [3.8, 4) is 0 Å². The Bertz CT molecular complexity index is 638. The van der Waals surface area contributed by atoms with Gasteiger partial charge in [0.15, 0.2) is 0 Å². The van der Waals surface area contributed by atoms with Crippen LogP contribution < -0.4 is 10.2 Å². The third-order valence-corrected chi connectivity index (χ3v) is 5.26. The average molecular weight is 339 g/mol. The van der Waals surface area contributed by atoms with Crippen LogP contribution in [0, 0.1) is 0 Å². The van der Waals surface area contributed by atoms with Crippen LogP contribution >= 0.6 is 0 Å². The number of hydrogen-bond acceptors (Lipinski definition) is 4. The Kier molecular flexibility index (Phi) is 6.01. The van der Waals surface area contributed by atoms with Crippen LogP contribution in [-0.2, 0) is 14.8 Å². The van der Waals surface area contributed by atoms with Gasteiger partial charge < -0.3 is 10.2 Å². The largest absolute Gasteiger partial charge is 0.369 e. The molecule has 6 nitrogen and oxygen atoms in total. The molecular weight excluding hydrogens is 314 g/mol. The van der Waals surface area contributed by atoms with Crippen LogP contribution in [0.1, 0.15) is 26.2 Å². The van der Waals surface area contributed by atoms with Crippen molar-refractivity contribution in [2.75, 3.05) is 42.7 Å². The molecule has 1 aromatic carbocycles. The minimum atomic E-state index is -3.11. The molecule has 1 N–H and O–H groups in total. The molecule has 0 atom stereocenters. The van der Waals surface area contributed by atoms with Gasteiger partial charge in [-0.1, -0.05) is 19.4 Å². The Labute approximate surface area is 138 Å². The Hall–Kier alpha value is -1.60. The van der Waals surface area contributed by atoms with Gasteiger partial charge in [-0.3, -0.25) is 4.79 Å². The van der Waals surface area contributed by atoms with Crippen molar-refractivity contribution < 1.29 is 13.2 Å². The van der Waals surface area contributed by atoms with Crippen molar-refractivity contribution in [1.29, 1.82) is 0 Å². The highest BCUT2D eigenvalue weighted by Crippen LogP contribution is 2.21. The SMILES string of the molecule is CCCCC(=O)Nc1cccc(N2CCN(S(C)(=O)=O)CC2)c1. The van der Waals surface area contributed by atoms with Gasteiger partial charge in [-0.15, -0.1) is 0 Å². The highest BCUT2D eigenvalue weighted by Gasteiger charge is 2.23. The van der Waals surface area contributed by atoms with Crippen molar-refractivity contribution in [3.05, 3.63) is 24.3 Å². The van der Waals surface area contributed by atoms with E-state index in [2.05, 4.69) is 17.1 Å². The van der Waals surface area contributed by atoms with E-state index in [1.165, 1.54) is 10.6 Å². The van der Waals surface area contributed by atoms with Crippen LogP contribution in [0.2, 0.25) is 0 Å². The quantitative estimate of drug-likeness (QED) is 0.859. The number of sulfonamides is 1. The molecule has 7 heteroatoms. The number of benzene rings is 1. The number of anilines is 2. The van der Waals surface area contributed by atoms with E-state index >= 15 is 0 Å². The molecule has 0 spiro atoms. The monoisotopic (exact) mass is 339 g/mol. The molecule has 2 rings (SSSR count). The van der Waals surface area contributed by atoms with E-state index < -0.39 is 10.0 Å². The summed E-state index contributed by atoms with van der Waals surface area (Å²) in [5.74, 6) is 0.0332. The van der Waals surface area contributed by atoms with Crippen LogP contribution in [0.15, 0.2) is 24.3 Å². The van der Waals surface area contributed by atoms with E-state index in [0.717, 1.165) is 24.2 Å². The van der Waals surface area contributed by atoms with Gasteiger partial charge in [0, 0.05) is 44.0 Å². The highest BCUT2D eigenvalue weighted by molar-refractivity contribution is 7.88. The van der Waals surface area contributed by atoms with Crippen LogP contribution in [-0.4, -0.2) is 51.1 Å². The summed E-state index contributed by atoms with van der Waals surface area (Å²) in [6.45, 7) is 4.35. The molecule has 0 radical (unpaired) electrons. The van der Waals surface area contributed by atoms with E-state index in [0.29, 0.717) is 32.6 Å². The van der Waals surface area contributed by atoms with E-state index in [4.69, 9.17) is 0 Å². The molecule has 1 amide bonds. The molecule has 0 bridgehead atoms. The van der Waals surface area contributed by atoms with Crippen LogP contribution in [0.3, 0.4) is 0 Å². The maximum absolute atomic E-state index is 11.8. The van der Waals surface area contributed by atoms with E-state index in [1.54, 1.807) is 0 Å². The normalized spacial score (nSPS) is 16.3. The fraction of sp³-hybridized carbons (Fsp3) is 0.562. The minimum absolute atomic E-state index is 0.0332. The zero-order chi connectivity index (χ0) is 16.9. The van der Waals surface area contributed by atoms with Gasteiger partial charge in [0.05, 0.1) is 6.26 Å². The van der Waals surface area contributed by atoms with Gasteiger partial charge in [-0.2, -0.15) is 4.31 Å². The lowest BCUT2D eigenvalue weighted by Gasteiger charge is -2.34. The molecule has 0 unspecified atom stereocenters. The predicted molar refractivity (Wildman–Crippen MR) is 93.2 cm³/mol. The maximum Gasteiger partial charge on any atom is 0.224 e. The molecule has 0 aromatic heterocycles. The Morgan fingerprint density at radius 1 is 1.22 bits per heavy atom. The average Bonchev–Trinajstić information content (AvgIpc) is 2.52. The fourth-order valence-electron chi connectivity index (χ4n) is 2.62. The number of unbranched alkanes of at least 4 members (excludes halogenated alkanes) is 1. The summed E-state index contributed by atoms with van der Waals surface area (Å²) >= 11 is 0. The van der Waals surface area contributed by atoms with Crippen LogP contribution in [0.5, 0.6) is 0 Å². The number of amides is 1. The molecule has 0 aliphatic carbocycles. The summed E-state index contributed by atoms with van der Waals surface area (Å²) in [6.07, 6.45) is 3.67. The third-order valence-electron chi connectivity index (χ3n) is 3.96. The maximum atomic E-state index is 11.8. The smallest absolute Gasteiger partial charge is 0.224 e. The second-order valence-electron chi connectivity index (χ2n) is 5.85. The first kappa shape index (κ1) is 17.7. The van der Waals surface area contributed by atoms with Gasteiger partial charge >= 0.3 is 0 Å². The van der Waals surface area contributed by atoms with Gasteiger partial charge in [-0.05, 0) is 24.6 Å². The molecule has 1 fully saturated rings. The van der Waals surface area contributed by atoms with Crippen molar-refractivity contribution in [2.45, 2.75) is 26.2 Å². The molecule has 0 saturated carbocycles. The number of hydrogen-bond donors (Lipinski definition) is 1. The van der Waals surface area contributed by atoms with E-state index in [9.17, 15) is 13.2 Å². The van der Waals surface area contributed by atoms with Crippen molar-refractivity contribution >= 4 is 27.3 Å². The number of nitrogens with one attached hydrogen (secondary N) is 1. The van der Waals surface area contributed by atoms with E-state index in [-0.39, 0.29) is 5.91 Å². The Morgan fingerprint density at radius 2 is 1.91 bits per heavy atom. The van der Waals surface area contributed by atoms with Gasteiger partial charge in [0.2, 0.25) is 15.9 Å². The fourth-order valence-corrected chi connectivity index (χ4v) is 3.45. The molecule has 1 aromatic rings. The van der Waals surface area contributed by atoms with E-state index in [1.807, 2.05) is 24.3 Å². The summed E-state index contributed by atoms with van der Waals surface area (Å²) in [4.78, 5) is 14.0. The molecule has 23 heavy (non-hydrogen) atoms. The Balaban J connectivity index is 1.97. The molecule has 1 heterocycles. The van der Waals surface area contributed by atoms with Crippen molar-refractivity contribution in [1.82, 2.24) is 4.31 Å². The lowest BCUT2D eigenvalue weighted by Crippen LogP contribution is -2.48. The number of piperazine rings is 1. The second-order valence-corrected chi connectivity index (χ2v) is 7.83. The van der Waals surface area contributed by atoms with Crippen molar-refractivity contribution in [3.63, 3.8) is 0 Å². The summed E-state index contributed by atoms with van der Waals surface area (Å²) < 4.78 is 24.6. The summed E-state index contributed by atoms with van der Waals surface area (Å²) in [6, 6.07) is 7.71. The first-order valence-electron chi connectivity index (χ1n) is 8.00. The topological polar surface area (TPSA) is 69.7 Å². The van der Waals surface area contributed by atoms with Crippen LogP contribution in [0.4, 0.5) is 11.4 Å². The molecule has 128 valence electrons. The zero-order valence-corrected chi connectivity index (χ0v) is 14.6. The lowest BCUT2D eigenvalue weighted by atomic mass is 10.2. The summed E-state index contributed by atoms with van der Waals surface area (Å²) in [7, 11) is -3.11. The zero-order valence-electron chi connectivity index (χ0n) is 13.8. The number of carbonyl (C=O) groups excluding carboxylic acids is 1. The summed E-state index contributed by atoms with van der Waals surface area (Å²) in [5.41, 5.74) is 1.79. The predicted octanol–water partition coefficient (Wildman–Crippen LogP) is 1.90. The first-order valence-corrected chi connectivity index (χ1v) is 9.85. The van der Waals surface area contributed by atoms with Gasteiger partial charge in [0.1, 0.15) is 0 Å². The minimum Gasteiger partial charge on any atom is -0.369 e. The lowest BCUT2D eigenvalue weighted by molar-refractivity contribution is -0.116. The highest BCUT2D eigenvalue weighted by atomic mass is 32.2. The first-order chi connectivity index (χ1) is 10.9. The van der Waals surface area contributed by atoms with Gasteiger partial charge in [-0.25, -0.2) is 8.42 Å². The molecule has 1 saturated heterocycles. The number of carbonyl (C=O) groups is 1. The summed E-state index contributed by atoms with van der Waals surface area (Å²) in [5, 5.41) is 2.92. The second kappa shape index (κ2) is 7.79. The standard InChI is InChI=1S/C16H25N3O3S/c1-3-4-8-16(20)17-14-6-5-7-15(13-14)18-9-11-19(12-10-18)23(2,21)22/h5-7,13H,3-4,8-12H2,1-2H3,(H,17,20). The molecule has 1 aliphatic heterocycles. The molecular formula is C16H25N3O3S. The van der Waals surface area contributed by atoms with Crippen LogP contribution in [0.25, 0.3) is 0 Å². The number of rotatable bonds is 6. The van der Waals surface area contributed by atoms with Gasteiger partial charge in [0.25, 0.3) is 0 Å². The van der Waals surface area contributed by atoms with Crippen molar-refractivity contribution in [2.24, 2.45) is 0 Å².